The number of ether oxygens (including phenoxy) is 1. The molecular formula is C56H40N2O. The molecule has 11 rings (SSSR count). The van der Waals surface area contributed by atoms with Gasteiger partial charge < -0.3 is 14.5 Å². The number of fused-ring (bicyclic) bond motifs is 7. The topological polar surface area (TPSA) is 15.7 Å². The van der Waals surface area contributed by atoms with E-state index in [0.29, 0.717) is 0 Å². The van der Waals surface area contributed by atoms with Crippen molar-refractivity contribution in [2.75, 3.05) is 9.80 Å². The lowest BCUT2D eigenvalue weighted by atomic mass is 9.78. The molecule has 0 fully saturated rings. The van der Waals surface area contributed by atoms with E-state index in [-0.39, 0.29) is 12.0 Å². The standard InChI is InChI=1S/C56H40N2O/c1-5-19-39(20-6-1)41-25-17-31-47(35-41)57(45-27-9-3-10-28-45)51-37-43-23-13-15-33-49(43)53-54-50-34-16-14-24-44(50)38-52(56(54)59-55(51)53)58(46-29-11-4-12-30-46)48-32-18-26-42(36-48)40-21-7-2-8-22-40/h1-38,53,55H. The van der Waals surface area contributed by atoms with Gasteiger partial charge in [-0.05, 0) is 105 Å². The summed E-state index contributed by atoms with van der Waals surface area (Å²) in [5.74, 6) is 0.837. The van der Waals surface area contributed by atoms with E-state index in [1.807, 2.05) is 0 Å². The highest BCUT2D eigenvalue weighted by atomic mass is 16.5. The average molecular weight is 757 g/mol. The lowest BCUT2D eigenvalue weighted by Gasteiger charge is -2.36. The Labute approximate surface area is 345 Å². The highest BCUT2D eigenvalue weighted by Crippen LogP contribution is 2.58. The Kier molecular flexibility index (Phi) is 8.63. The molecule has 0 amide bonds. The largest absolute Gasteiger partial charge is 0.481 e. The second-order valence-corrected chi connectivity index (χ2v) is 15.2. The van der Waals surface area contributed by atoms with Gasteiger partial charge in [0.15, 0.2) is 6.10 Å². The van der Waals surface area contributed by atoms with E-state index in [9.17, 15) is 0 Å². The third-order valence-electron chi connectivity index (χ3n) is 11.8. The van der Waals surface area contributed by atoms with E-state index in [0.717, 1.165) is 51.0 Å². The molecule has 280 valence electrons. The van der Waals surface area contributed by atoms with Crippen molar-refractivity contribution in [2.45, 2.75) is 12.0 Å². The molecule has 1 aliphatic carbocycles. The maximum Gasteiger partial charge on any atom is 0.150 e. The van der Waals surface area contributed by atoms with Crippen LogP contribution in [0, 0.1) is 0 Å². The maximum absolute atomic E-state index is 7.65. The van der Waals surface area contributed by atoms with Crippen LogP contribution in [-0.4, -0.2) is 6.10 Å². The van der Waals surface area contributed by atoms with Gasteiger partial charge in [0.05, 0.1) is 17.3 Å². The summed E-state index contributed by atoms with van der Waals surface area (Å²) in [6.07, 6.45) is 2.03. The predicted octanol–water partition coefficient (Wildman–Crippen LogP) is 14.7. The Hall–Kier alpha value is -7.62. The first-order valence-corrected chi connectivity index (χ1v) is 20.3. The Morgan fingerprint density at radius 2 is 0.881 bits per heavy atom. The molecule has 59 heavy (non-hydrogen) atoms. The Bertz CT molecular complexity index is 2980. The molecule has 3 nitrogen and oxygen atoms in total. The second-order valence-electron chi connectivity index (χ2n) is 15.2. The highest BCUT2D eigenvalue weighted by Gasteiger charge is 2.46. The maximum atomic E-state index is 7.65. The van der Waals surface area contributed by atoms with Crippen LogP contribution >= 0.6 is 0 Å². The summed E-state index contributed by atoms with van der Waals surface area (Å²) >= 11 is 0. The van der Waals surface area contributed by atoms with E-state index in [4.69, 9.17) is 4.74 Å². The monoisotopic (exact) mass is 756 g/mol. The molecule has 2 aliphatic rings. The summed E-state index contributed by atoms with van der Waals surface area (Å²) in [5, 5.41) is 2.38. The van der Waals surface area contributed by atoms with Crippen molar-refractivity contribution in [3.05, 3.63) is 247 Å². The van der Waals surface area contributed by atoms with E-state index < -0.39 is 0 Å². The van der Waals surface area contributed by atoms with E-state index >= 15 is 0 Å². The quantitative estimate of drug-likeness (QED) is 0.154. The third kappa shape index (κ3) is 6.16. The number of para-hydroxylation sites is 2. The SMILES string of the molecule is C1=C(N(c2ccccc2)c2cccc(-c3ccccc3)c2)C2Oc3c(N(c4ccccc4)c4cccc(-c5ccccc5)c4)cc4ccccc4c3C2c2ccccc21. The van der Waals surface area contributed by atoms with Crippen molar-refractivity contribution in [2.24, 2.45) is 0 Å². The summed E-state index contributed by atoms with van der Waals surface area (Å²) < 4.78 is 7.65. The second kappa shape index (κ2) is 14.7. The van der Waals surface area contributed by atoms with Crippen molar-refractivity contribution < 1.29 is 4.74 Å². The van der Waals surface area contributed by atoms with Gasteiger partial charge in [-0.2, -0.15) is 0 Å². The van der Waals surface area contributed by atoms with Gasteiger partial charge in [0.25, 0.3) is 0 Å². The van der Waals surface area contributed by atoms with Crippen LogP contribution in [0.5, 0.6) is 5.75 Å². The molecule has 0 spiro atoms. The normalized spacial score (nSPS) is 15.0. The van der Waals surface area contributed by atoms with Crippen LogP contribution in [0.25, 0.3) is 39.1 Å². The summed E-state index contributed by atoms with van der Waals surface area (Å²) in [6.45, 7) is 0. The predicted molar refractivity (Wildman–Crippen MR) is 245 cm³/mol. The lowest BCUT2D eigenvalue weighted by molar-refractivity contribution is 0.253. The van der Waals surface area contributed by atoms with E-state index in [2.05, 4.69) is 240 Å². The van der Waals surface area contributed by atoms with Gasteiger partial charge in [0.1, 0.15) is 5.75 Å². The first kappa shape index (κ1) is 34.6. The Morgan fingerprint density at radius 3 is 1.53 bits per heavy atom. The number of rotatable bonds is 8. The molecular weight excluding hydrogens is 717 g/mol. The van der Waals surface area contributed by atoms with Crippen LogP contribution in [0.3, 0.4) is 0 Å². The van der Waals surface area contributed by atoms with Crippen LogP contribution in [0.2, 0.25) is 0 Å². The van der Waals surface area contributed by atoms with Crippen LogP contribution in [0.15, 0.2) is 230 Å². The number of hydrogen-bond donors (Lipinski definition) is 0. The molecule has 0 N–H and O–H groups in total. The molecule has 0 bridgehead atoms. The van der Waals surface area contributed by atoms with E-state index in [1.165, 1.54) is 38.6 Å². The molecule has 1 aliphatic heterocycles. The molecule has 0 saturated heterocycles. The molecule has 9 aromatic carbocycles. The first-order chi connectivity index (χ1) is 29.3. The number of nitrogens with zero attached hydrogens (tertiary/aromatic N) is 2. The number of anilines is 5. The molecule has 0 aromatic heterocycles. The number of benzene rings is 9. The number of hydrogen-bond acceptors (Lipinski definition) is 3. The minimum Gasteiger partial charge on any atom is -0.481 e. The average Bonchev–Trinajstić information content (AvgIpc) is 3.73. The van der Waals surface area contributed by atoms with Crippen molar-refractivity contribution in [3.8, 4) is 28.0 Å². The van der Waals surface area contributed by atoms with Gasteiger partial charge in [-0.15, -0.1) is 0 Å². The van der Waals surface area contributed by atoms with Gasteiger partial charge in [0, 0.05) is 28.3 Å². The van der Waals surface area contributed by atoms with Gasteiger partial charge in [-0.1, -0.05) is 170 Å². The van der Waals surface area contributed by atoms with Gasteiger partial charge >= 0.3 is 0 Å². The lowest BCUT2D eigenvalue weighted by Crippen LogP contribution is -2.34. The zero-order chi connectivity index (χ0) is 39.1. The fraction of sp³-hybridized carbons (Fsp3) is 0.0357. The van der Waals surface area contributed by atoms with Gasteiger partial charge in [0.2, 0.25) is 0 Å². The summed E-state index contributed by atoms with van der Waals surface area (Å²) in [6, 6.07) is 80.4. The van der Waals surface area contributed by atoms with Crippen LogP contribution in [0.4, 0.5) is 28.4 Å². The van der Waals surface area contributed by atoms with Crippen molar-refractivity contribution >= 4 is 45.3 Å². The Balaban J connectivity index is 1.14. The van der Waals surface area contributed by atoms with Crippen molar-refractivity contribution in [3.63, 3.8) is 0 Å². The van der Waals surface area contributed by atoms with Crippen LogP contribution in [0.1, 0.15) is 22.6 Å². The molecule has 0 saturated carbocycles. The van der Waals surface area contributed by atoms with Crippen LogP contribution in [-0.2, 0) is 0 Å². The molecule has 1 heterocycles. The Morgan fingerprint density at radius 1 is 0.390 bits per heavy atom. The molecule has 3 heteroatoms. The minimum absolute atomic E-state index is 0.0668. The zero-order valence-corrected chi connectivity index (χ0v) is 32.4. The van der Waals surface area contributed by atoms with Crippen molar-refractivity contribution in [1.82, 2.24) is 0 Å². The first-order valence-electron chi connectivity index (χ1n) is 20.3. The summed E-state index contributed by atoms with van der Waals surface area (Å²) in [7, 11) is 0. The van der Waals surface area contributed by atoms with Crippen LogP contribution < -0.4 is 14.5 Å². The molecule has 0 radical (unpaired) electrons. The highest BCUT2D eigenvalue weighted by molar-refractivity contribution is 5.98. The van der Waals surface area contributed by atoms with Crippen molar-refractivity contribution in [1.29, 1.82) is 0 Å². The smallest absolute Gasteiger partial charge is 0.150 e. The third-order valence-corrected chi connectivity index (χ3v) is 11.8. The summed E-state index contributed by atoms with van der Waals surface area (Å²) in [5.41, 5.74) is 14.8. The minimum atomic E-state index is -0.321. The fourth-order valence-corrected chi connectivity index (χ4v) is 9.13. The molecule has 2 unspecified atom stereocenters. The zero-order valence-electron chi connectivity index (χ0n) is 32.4. The summed E-state index contributed by atoms with van der Waals surface area (Å²) in [4.78, 5) is 4.79. The van der Waals surface area contributed by atoms with E-state index in [1.54, 1.807) is 0 Å². The molecule has 2 atom stereocenters. The molecule has 9 aromatic rings. The fourth-order valence-electron chi connectivity index (χ4n) is 9.13. The van der Waals surface area contributed by atoms with Gasteiger partial charge in [-0.3, -0.25) is 0 Å². The van der Waals surface area contributed by atoms with Gasteiger partial charge in [-0.25, -0.2) is 0 Å².